The number of halogens is 5. The van der Waals surface area contributed by atoms with Gasteiger partial charge in [0.05, 0.1) is 24.9 Å². The lowest BCUT2D eigenvalue weighted by atomic mass is 10.3. The van der Waals surface area contributed by atoms with Gasteiger partial charge in [0, 0.05) is 12.1 Å². The van der Waals surface area contributed by atoms with Crippen LogP contribution in [-0.4, -0.2) is 9.85 Å². The smallest absolute Gasteiger partial charge is 0.258 e. The van der Waals surface area contributed by atoms with Gasteiger partial charge in [-0.1, -0.05) is 76.2 Å². The van der Waals surface area contributed by atoms with Crippen LogP contribution in [0.2, 0.25) is 25.1 Å². The van der Waals surface area contributed by atoms with Crippen LogP contribution in [0.25, 0.3) is 0 Å². The molecule has 0 bridgehead atoms. The summed E-state index contributed by atoms with van der Waals surface area (Å²) < 4.78 is 0. The second-order valence-corrected chi connectivity index (χ2v) is 5.66. The van der Waals surface area contributed by atoms with Crippen LogP contribution in [0.15, 0.2) is 30.3 Å². The van der Waals surface area contributed by atoms with Gasteiger partial charge in [-0.25, -0.2) is 0 Å². The first-order chi connectivity index (χ1) is 10.7. The van der Waals surface area contributed by atoms with Crippen LogP contribution < -0.4 is 0 Å². The maximum absolute atomic E-state index is 10.5. The molecule has 0 saturated heterocycles. The van der Waals surface area contributed by atoms with E-state index in [-0.39, 0.29) is 30.8 Å². The fourth-order valence-corrected chi connectivity index (χ4v) is 2.57. The highest BCUT2D eigenvalue weighted by Crippen LogP contribution is 2.47. The van der Waals surface area contributed by atoms with Gasteiger partial charge < -0.3 is 0 Å². The minimum atomic E-state index is -0.779. The third-order valence-corrected chi connectivity index (χ3v) is 4.59. The molecule has 0 unspecified atom stereocenters. The summed E-state index contributed by atoms with van der Waals surface area (Å²) in [6.07, 6.45) is 0. The molecule has 0 radical (unpaired) electrons. The number of nitrogens with zero attached hydrogens (tertiary/aromatic N) is 2. The van der Waals surface area contributed by atoms with Crippen LogP contribution in [-0.2, 0) is 0 Å². The predicted octanol–water partition coefficient (Wildman–Crippen LogP) is 6.46. The molecule has 0 heterocycles. The normalized spacial score (nSPS) is 9.78. The molecule has 0 spiro atoms. The molecule has 0 aliphatic rings. The molecule has 0 fully saturated rings. The Morgan fingerprint density at radius 2 is 1.04 bits per heavy atom. The lowest BCUT2D eigenvalue weighted by Gasteiger charge is -2.05. The molecule has 122 valence electrons. The van der Waals surface area contributed by atoms with E-state index in [4.69, 9.17) is 58.0 Å². The Hall–Kier alpha value is -1.31. The molecule has 0 amide bonds. The molecule has 0 atom stereocenters. The fourth-order valence-electron chi connectivity index (χ4n) is 1.30. The molecule has 0 aliphatic carbocycles. The Bertz CT molecular complexity index is 726. The molecule has 6 nitrogen and oxygen atoms in total. The average Bonchev–Trinajstić information content (AvgIpc) is 2.52. The number of rotatable bonds is 2. The molecule has 2 aromatic carbocycles. The van der Waals surface area contributed by atoms with E-state index in [9.17, 15) is 20.2 Å². The van der Waals surface area contributed by atoms with Crippen molar-refractivity contribution >= 4 is 69.4 Å². The third kappa shape index (κ3) is 4.83. The first kappa shape index (κ1) is 19.7. The first-order valence-electron chi connectivity index (χ1n) is 5.53. The third-order valence-electron chi connectivity index (χ3n) is 2.34. The summed E-state index contributed by atoms with van der Waals surface area (Å²) in [5.74, 6) is 0. The summed E-state index contributed by atoms with van der Waals surface area (Å²) in [4.78, 5) is 19.3. The zero-order valence-electron chi connectivity index (χ0n) is 10.8. The molecule has 2 aromatic rings. The summed E-state index contributed by atoms with van der Waals surface area (Å²) in [5.41, 5.74) is -0.412. The molecular weight excluding hydrogens is 413 g/mol. The number of para-hydroxylation sites is 1. The summed E-state index contributed by atoms with van der Waals surface area (Å²) in [6.45, 7) is 0. The highest BCUT2D eigenvalue weighted by molar-refractivity contribution is 6.56. The van der Waals surface area contributed by atoms with Gasteiger partial charge in [0.1, 0.15) is 10.0 Å². The van der Waals surface area contributed by atoms with Gasteiger partial charge in [0.2, 0.25) is 0 Å². The van der Waals surface area contributed by atoms with Crippen molar-refractivity contribution in [1.29, 1.82) is 0 Å². The number of hydrogen-bond acceptors (Lipinski definition) is 4. The van der Waals surface area contributed by atoms with Gasteiger partial charge in [-0.2, -0.15) is 0 Å². The van der Waals surface area contributed by atoms with Crippen molar-refractivity contribution in [3.8, 4) is 0 Å². The molecule has 0 saturated carbocycles. The van der Waals surface area contributed by atoms with Crippen molar-refractivity contribution in [3.63, 3.8) is 0 Å². The Labute approximate surface area is 154 Å². The van der Waals surface area contributed by atoms with Crippen molar-refractivity contribution in [2.45, 2.75) is 0 Å². The van der Waals surface area contributed by atoms with E-state index in [0.717, 1.165) is 0 Å². The summed E-state index contributed by atoms with van der Waals surface area (Å²) >= 11 is 27.9. The monoisotopic (exact) mass is 416 g/mol. The zero-order chi connectivity index (χ0) is 17.7. The quantitative estimate of drug-likeness (QED) is 0.242. The van der Waals surface area contributed by atoms with Gasteiger partial charge in [0.15, 0.2) is 0 Å². The van der Waals surface area contributed by atoms with Crippen molar-refractivity contribution < 1.29 is 9.85 Å². The summed E-state index contributed by atoms with van der Waals surface area (Å²) in [6, 6.07) is 7.93. The van der Waals surface area contributed by atoms with E-state index in [1.165, 1.54) is 12.1 Å². The Balaban J connectivity index is 0.000000253. The van der Waals surface area contributed by atoms with Crippen LogP contribution in [0, 0.1) is 20.2 Å². The molecule has 0 aromatic heterocycles. The van der Waals surface area contributed by atoms with Crippen LogP contribution in [0.5, 0.6) is 0 Å². The largest absolute Gasteiger partial charge is 0.309 e. The van der Waals surface area contributed by atoms with Crippen LogP contribution >= 0.6 is 58.0 Å². The SMILES string of the molecule is O=[N+]([O-])c1c(Cl)c(Cl)c(Cl)c(Cl)c1Cl.O=[N+]([O-])c1ccccc1. The van der Waals surface area contributed by atoms with Gasteiger partial charge in [0.25, 0.3) is 5.69 Å². The van der Waals surface area contributed by atoms with Gasteiger partial charge in [-0.05, 0) is 0 Å². The van der Waals surface area contributed by atoms with Gasteiger partial charge >= 0.3 is 5.69 Å². The van der Waals surface area contributed by atoms with E-state index >= 15 is 0 Å². The molecule has 11 heteroatoms. The van der Waals surface area contributed by atoms with E-state index in [1.54, 1.807) is 18.2 Å². The van der Waals surface area contributed by atoms with E-state index in [0.29, 0.717) is 0 Å². The highest BCUT2D eigenvalue weighted by atomic mass is 35.5. The minimum Gasteiger partial charge on any atom is -0.258 e. The predicted molar refractivity (Wildman–Crippen MR) is 91.2 cm³/mol. The molecule has 23 heavy (non-hydrogen) atoms. The van der Waals surface area contributed by atoms with E-state index in [2.05, 4.69) is 0 Å². The number of hydrogen-bond donors (Lipinski definition) is 0. The first-order valence-corrected chi connectivity index (χ1v) is 7.42. The second-order valence-electron chi connectivity index (χ2n) is 3.77. The van der Waals surface area contributed by atoms with E-state index < -0.39 is 15.5 Å². The number of non-ortho nitro benzene ring substituents is 1. The van der Waals surface area contributed by atoms with Gasteiger partial charge in [-0.3, -0.25) is 20.2 Å². The Morgan fingerprint density at radius 1 is 0.652 bits per heavy atom. The number of nitro benzene ring substituents is 2. The van der Waals surface area contributed by atoms with Crippen LogP contribution in [0.1, 0.15) is 0 Å². The topological polar surface area (TPSA) is 86.3 Å². The highest BCUT2D eigenvalue weighted by Gasteiger charge is 2.27. The number of benzene rings is 2. The minimum absolute atomic E-state index is 0.103. The standard InChI is InChI=1S/C6Cl5NO2.C6H5NO2/c7-1-2(8)4(10)6(12(13)14)5(11)3(1)9;8-7(9)6-4-2-1-3-5-6/h;1-5H. The Kier molecular flexibility index (Phi) is 7.31. The maximum Gasteiger partial charge on any atom is 0.309 e. The van der Waals surface area contributed by atoms with Crippen LogP contribution in [0.4, 0.5) is 11.4 Å². The maximum atomic E-state index is 10.5. The zero-order valence-corrected chi connectivity index (χ0v) is 14.6. The van der Waals surface area contributed by atoms with Gasteiger partial charge in [-0.15, -0.1) is 0 Å². The second kappa shape index (κ2) is 8.52. The number of nitro groups is 2. The molecule has 0 aliphatic heterocycles. The van der Waals surface area contributed by atoms with Crippen molar-refractivity contribution in [1.82, 2.24) is 0 Å². The van der Waals surface area contributed by atoms with Crippen molar-refractivity contribution in [2.24, 2.45) is 0 Å². The van der Waals surface area contributed by atoms with Crippen molar-refractivity contribution in [2.75, 3.05) is 0 Å². The molecular formula is C12H5Cl5N2O4. The average molecular weight is 418 g/mol. The fraction of sp³-hybridized carbons (Fsp3) is 0. The lowest BCUT2D eigenvalue weighted by Crippen LogP contribution is -1.92. The van der Waals surface area contributed by atoms with Crippen LogP contribution in [0.3, 0.4) is 0 Å². The molecule has 2 rings (SSSR count). The summed E-state index contributed by atoms with van der Waals surface area (Å²) in [7, 11) is 0. The Morgan fingerprint density at radius 3 is 1.35 bits per heavy atom. The lowest BCUT2D eigenvalue weighted by molar-refractivity contribution is -0.384. The van der Waals surface area contributed by atoms with E-state index in [1.807, 2.05) is 0 Å². The van der Waals surface area contributed by atoms with Crippen molar-refractivity contribution in [3.05, 3.63) is 75.7 Å². The summed E-state index contributed by atoms with van der Waals surface area (Å²) in [5, 5.41) is 19.4. The molecule has 0 N–H and O–H groups in total.